The average molecular weight is 228 g/mol. The zero-order chi connectivity index (χ0) is 11.1. The molecule has 84 valence electrons. The number of allylic oxidation sites excluding steroid dienone is 5. The van der Waals surface area contributed by atoms with Crippen molar-refractivity contribution in [2.24, 2.45) is 0 Å². The molecule has 0 spiro atoms. The summed E-state index contributed by atoms with van der Waals surface area (Å²) in [4.78, 5) is 0. The van der Waals surface area contributed by atoms with E-state index >= 15 is 0 Å². The molecular formula is C11H17O3P. The molecule has 0 fully saturated rings. The topological polar surface area (TPSA) is 35.5 Å². The molecule has 0 saturated heterocycles. The highest BCUT2D eigenvalue weighted by Gasteiger charge is 2.20. The van der Waals surface area contributed by atoms with E-state index < -0.39 is 7.60 Å². The quantitative estimate of drug-likeness (QED) is 0.674. The normalized spacial score (nSPS) is 18.7. The zero-order valence-corrected chi connectivity index (χ0v) is 10.1. The Hall–Kier alpha value is -0.630. The molecule has 0 aromatic carbocycles. The van der Waals surface area contributed by atoms with Crippen LogP contribution in [-0.2, 0) is 13.6 Å². The van der Waals surface area contributed by atoms with Crippen LogP contribution < -0.4 is 0 Å². The predicted octanol–water partition coefficient (Wildman–Crippen LogP) is 3.65. The van der Waals surface area contributed by atoms with Crippen molar-refractivity contribution in [3.05, 3.63) is 35.7 Å². The van der Waals surface area contributed by atoms with Crippen LogP contribution in [0, 0.1) is 0 Å². The molecular weight excluding hydrogens is 211 g/mol. The molecule has 1 aliphatic carbocycles. The Labute approximate surface area is 91.0 Å². The Bertz CT molecular complexity index is 319. The molecule has 0 saturated carbocycles. The molecule has 3 nitrogen and oxygen atoms in total. The van der Waals surface area contributed by atoms with Gasteiger partial charge in [0, 0.05) is 5.82 Å². The molecule has 1 rings (SSSR count). The first-order chi connectivity index (χ1) is 7.20. The lowest BCUT2D eigenvalue weighted by Crippen LogP contribution is -1.94. The third kappa shape index (κ3) is 4.17. The number of hydrogen-bond donors (Lipinski definition) is 0. The minimum atomic E-state index is -3.03. The summed E-state index contributed by atoms with van der Waals surface area (Å²) in [5, 5.41) is 0. The van der Waals surface area contributed by atoms with Crippen molar-refractivity contribution < 1.29 is 13.6 Å². The van der Waals surface area contributed by atoms with Crippen LogP contribution in [0.4, 0.5) is 0 Å². The molecule has 15 heavy (non-hydrogen) atoms. The zero-order valence-electron chi connectivity index (χ0n) is 9.18. The molecule has 0 radical (unpaired) electrons. The van der Waals surface area contributed by atoms with Crippen LogP contribution in [-0.4, -0.2) is 13.2 Å². The van der Waals surface area contributed by atoms with Crippen LogP contribution in [0.15, 0.2) is 35.7 Å². The van der Waals surface area contributed by atoms with Gasteiger partial charge in [0.05, 0.1) is 13.2 Å². The van der Waals surface area contributed by atoms with Crippen molar-refractivity contribution in [1.82, 2.24) is 0 Å². The second-order valence-corrected chi connectivity index (χ2v) is 4.93. The lowest BCUT2D eigenvalue weighted by atomic mass is 10.1. The van der Waals surface area contributed by atoms with Gasteiger partial charge >= 0.3 is 7.60 Å². The Balaban J connectivity index is 2.77. The van der Waals surface area contributed by atoms with Gasteiger partial charge in [-0.05, 0) is 25.8 Å². The van der Waals surface area contributed by atoms with Gasteiger partial charge in [0.25, 0.3) is 0 Å². The van der Waals surface area contributed by atoms with E-state index in [0.717, 1.165) is 12.0 Å². The number of hydrogen-bond acceptors (Lipinski definition) is 3. The molecule has 4 heteroatoms. The van der Waals surface area contributed by atoms with Crippen molar-refractivity contribution >= 4 is 7.60 Å². The standard InChI is InChI=1S/C11H17O3P/c1-3-13-15(12,14-4-2)10-11-8-6-5-7-9-11/h5-8,10H,3-4,9H2,1-2H3/b11-10+. The van der Waals surface area contributed by atoms with Crippen LogP contribution in [0.25, 0.3) is 0 Å². The van der Waals surface area contributed by atoms with Crippen molar-refractivity contribution in [2.45, 2.75) is 20.3 Å². The Kier molecular flexibility index (Phi) is 5.03. The van der Waals surface area contributed by atoms with Crippen molar-refractivity contribution in [2.75, 3.05) is 13.2 Å². The van der Waals surface area contributed by atoms with E-state index in [4.69, 9.17) is 9.05 Å². The van der Waals surface area contributed by atoms with E-state index in [1.165, 1.54) is 0 Å². The lowest BCUT2D eigenvalue weighted by Gasteiger charge is -2.14. The fraction of sp³-hybridized carbons (Fsp3) is 0.455. The molecule has 0 aliphatic heterocycles. The third-order valence-electron chi connectivity index (χ3n) is 1.85. The fourth-order valence-electron chi connectivity index (χ4n) is 1.30. The Morgan fingerprint density at radius 2 is 2.00 bits per heavy atom. The summed E-state index contributed by atoms with van der Waals surface area (Å²) in [5.41, 5.74) is 0.975. The van der Waals surface area contributed by atoms with Crippen molar-refractivity contribution in [3.63, 3.8) is 0 Å². The smallest absolute Gasteiger partial charge is 0.306 e. The molecule has 0 heterocycles. The summed E-state index contributed by atoms with van der Waals surface area (Å²) in [6, 6.07) is 0. The summed E-state index contributed by atoms with van der Waals surface area (Å²) in [5.74, 6) is 1.61. The molecule has 1 aliphatic rings. The van der Waals surface area contributed by atoms with Crippen LogP contribution in [0.3, 0.4) is 0 Å². The highest BCUT2D eigenvalue weighted by molar-refractivity contribution is 7.57. The molecule has 0 aromatic heterocycles. The Morgan fingerprint density at radius 3 is 2.47 bits per heavy atom. The highest BCUT2D eigenvalue weighted by Crippen LogP contribution is 2.51. The van der Waals surface area contributed by atoms with E-state index in [1.54, 1.807) is 19.7 Å². The van der Waals surface area contributed by atoms with E-state index in [1.807, 2.05) is 24.3 Å². The van der Waals surface area contributed by atoms with Crippen molar-refractivity contribution in [3.8, 4) is 0 Å². The summed E-state index contributed by atoms with van der Waals surface area (Å²) < 4.78 is 22.4. The summed E-state index contributed by atoms with van der Waals surface area (Å²) in [6.07, 6.45) is 8.58. The van der Waals surface area contributed by atoms with E-state index in [0.29, 0.717) is 13.2 Å². The maximum atomic E-state index is 12.1. The molecule has 0 bridgehead atoms. The van der Waals surface area contributed by atoms with Gasteiger partial charge in [0.2, 0.25) is 0 Å². The SMILES string of the molecule is CCOP(=O)(/C=C1\C=CC=CC1)OCC. The van der Waals surface area contributed by atoms with E-state index in [9.17, 15) is 4.57 Å². The maximum Gasteiger partial charge on any atom is 0.354 e. The van der Waals surface area contributed by atoms with Gasteiger partial charge in [-0.25, -0.2) is 0 Å². The van der Waals surface area contributed by atoms with Gasteiger partial charge in [-0.3, -0.25) is 4.57 Å². The van der Waals surface area contributed by atoms with Crippen LogP contribution in [0.5, 0.6) is 0 Å². The van der Waals surface area contributed by atoms with Gasteiger partial charge in [-0.2, -0.15) is 0 Å². The van der Waals surface area contributed by atoms with Gasteiger partial charge in [0.1, 0.15) is 0 Å². The molecule has 0 atom stereocenters. The summed E-state index contributed by atoms with van der Waals surface area (Å²) in [7, 11) is -3.03. The van der Waals surface area contributed by atoms with Gasteiger partial charge in [-0.15, -0.1) is 0 Å². The second kappa shape index (κ2) is 6.06. The lowest BCUT2D eigenvalue weighted by molar-refractivity contribution is 0.228. The summed E-state index contributed by atoms with van der Waals surface area (Å²) >= 11 is 0. The number of rotatable bonds is 5. The van der Waals surface area contributed by atoms with Crippen molar-refractivity contribution in [1.29, 1.82) is 0 Å². The van der Waals surface area contributed by atoms with Gasteiger partial charge in [-0.1, -0.05) is 24.3 Å². The van der Waals surface area contributed by atoms with Crippen LogP contribution >= 0.6 is 7.60 Å². The molecule has 0 N–H and O–H groups in total. The monoisotopic (exact) mass is 228 g/mol. The minimum absolute atomic E-state index is 0.389. The maximum absolute atomic E-state index is 12.1. The first-order valence-corrected chi connectivity index (χ1v) is 6.75. The predicted molar refractivity (Wildman–Crippen MR) is 61.8 cm³/mol. The highest BCUT2D eigenvalue weighted by atomic mass is 31.2. The molecule has 0 amide bonds. The van der Waals surface area contributed by atoms with E-state index in [2.05, 4.69) is 0 Å². The Morgan fingerprint density at radius 1 is 1.33 bits per heavy atom. The minimum Gasteiger partial charge on any atom is -0.306 e. The third-order valence-corrected chi connectivity index (χ3v) is 3.74. The average Bonchev–Trinajstić information content (AvgIpc) is 2.19. The summed E-state index contributed by atoms with van der Waals surface area (Å²) in [6.45, 7) is 4.39. The first kappa shape index (κ1) is 12.4. The van der Waals surface area contributed by atoms with Gasteiger partial charge in [0.15, 0.2) is 0 Å². The van der Waals surface area contributed by atoms with Crippen LogP contribution in [0.2, 0.25) is 0 Å². The molecule has 0 unspecified atom stereocenters. The fourth-order valence-corrected chi connectivity index (χ4v) is 2.84. The van der Waals surface area contributed by atoms with Crippen LogP contribution in [0.1, 0.15) is 20.3 Å². The van der Waals surface area contributed by atoms with Gasteiger partial charge < -0.3 is 9.05 Å². The second-order valence-electron chi connectivity index (χ2n) is 3.07. The van der Waals surface area contributed by atoms with E-state index in [-0.39, 0.29) is 0 Å². The largest absolute Gasteiger partial charge is 0.354 e. The first-order valence-electron chi connectivity index (χ1n) is 5.14. The molecule has 0 aromatic rings.